The fraction of sp³-hybridized carbons (Fsp3) is 0.250. The van der Waals surface area contributed by atoms with Crippen molar-refractivity contribution in [2.45, 2.75) is 24.7 Å². The van der Waals surface area contributed by atoms with Crippen molar-refractivity contribution < 1.29 is 9.53 Å². The lowest BCUT2D eigenvalue weighted by molar-refractivity contribution is 0.0962. The van der Waals surface area contributed by atoms with Crippen molar-refractivity contribution in [3.8, 4) is 5.75 Å². The van der Waals surface area contributed by atoms with E-state index in [-0.39, 0.29) is 17.1 Å². The van der Waals surface area contributed by atoms with Crippen molar-refractivity contribution in [2.24, 2.45) is 5.92 Å². The van der Waals surface area contributed by atoms with Crippen LogP contribution < -0.4 is 4.74 Å². The van der Waals surface area contributed by atoms with Crippen LogP contribution in [0.2, 0.25) is 0 Å². The van der Waals surface area contributed by atoms with E-state index in [4.69, 9.17) is 4.74 Å². The number of aromatic nitrogens is 2. The maximum atomic E-state index is 12.6. The van der Waals surface area contributed by atoms with Crippen LogP contribution in [0.4, 0.5) is 0 Å². The molecule has 140 valence electrons. The topological polar surface area (TPSA) is 55.0 Å². The highest BCUT2D eigenvalue weighted by molar-refractivity contribution is 6.01. The molecule has 1 atom stereocenters. The Bertz CT molecular complexity index is 1050. The highest BCUT2D eigenvalue weighted by Gasteiger charge is 2.39. The third-order valence-corrected chi connectivity index (χ3v) is 5.95. The van der Waals surface area contributed by atoms with Crippen LogP contribution in [0.5, 0.6) is 5.75 Å². The third kappa shape index (κ3) is 2.68. The Morgan fingerprint density at radius 3 is 2.46 bits per heavy atom. The van der Waals surface area contributed by atoms with Gasteiger partial charge in [-0.2, -0.15) is 5.10 Å². The number of fused-ring (bicyclic) bond motifs is 1. The van der Waals surface area contributed by atoms with E-state index < -0.39 is 0 Å². The van der Waals surface area contributed by atoms with Crippen LogP contribution in [0.15, 0.2) is 60.7 Å². The Morgan fingerprint density at radius 2 is 1.79 bits per heavy atom. The summed E-state index contributed by atoms with van der Waals surface area (Å²) in [5.41, 5.74) is 4.67. The molecule has 0 bridgehead atoms. The van der Waals surface area contributed by atoms with Crippen LogP contribution in [0.1, 0.15) is 45.7 Å². The van der Waals surface area contributed by atoms with Gasteiger partial charge < -0.3 is 4.74 Å². The minimum atomic E-state index is -0.313. The number of carbonyl (C=O) groups excluding carboxylic acids is 1. The Kier molecular flexibility index (Phi) is 3.93. The molecule has 0 radical (unpaired) electrons. The molecule has 0 saturated heterocycles. The van der Waals surface area contributed by atoms with E-state index in [9.17, 15) is 4.79 Å². The number of carbonyl (C=O) groups is 1. The summed E-state index contributed by atoms with van der Waals surface area (Å²) in [6.45, 7) is 0. The molecule has 1 heterocycles. The number of hydrogen-bond acceptors (Lipinski definition) is 3. The number of methoxy groups -OCH3 is 1. The number of nitrogens with zero attached hydrogens (tertiary/aromatic N) is 1. The summed E-state index contributed by atoms with van der Waals surface area (Å²) in [5, 5.41) is 7.55. The molecule has 2 aromatic carbocycles. The second-order valence-corrected chi connectivity index (χ2v) is 7.68. The van der Waals surface area contributed by atoms with Crippen molar-refractivity contribution in [1.82, 2.24) is 10.2 Å². The molecular weight excluding hydrogens is 348 g/mol. The third-order valence-electron chi connectivity index (χ3n) is 5.95. The molecule has 0 aliphatic heterocycles. The van der Waals surface area contributed by atoms with Crippen LogP contribution >= 0.6 is 0 Å². The van der Waals surface area contributed by atoms with Gasteiger partial charge in [0, 0.05) is 29.0 Å². The number of aromatic amines is 1. The van der Waals surface area contributed by atoms with E-state index in [2.05, 4.69) is 58.7 Å². The lowest BCUT2D eigenvalue weighted by Crippen LogP contribution is -2.30. The number of rotatable bonds is 5. The fourth-order valence-corrected chi connectivity index (χ4v) is 4.18. The van der Waals surface area contributed by atoms with Gasteiger partial charge in [-0.1, -0.05) is 54.6 Å². The van der Waals surface area contributed by atoms with Crippen LogP contribution in [0, 0.1) is 5.92 Å². The fourth-order valence-electron chi connectivity index (χ4n) is 4.18. The number of ether oxygens (including phenoxy) is 1. The molecule has 0 spiro atoms. The number of benzene rings is 2. The number of allylic oxidation sites excluding steroid dienone is 1. The van der Waals surface area contributed by atoms with E-state index in [1.165, 1.54) is 11.1 Å². The van der Waals surface area contributed by atoms with Gasteiger partial charge in [0.05, 0.1) is 7.11 Å². The van der Waals surface area contributed by atoms with Crippen LogP contribution in [0.3, 0.4) is 0 Å². The molecule has 5 rings (SSSR count). The summed E-state index contributed by atoms with van der Waals surface area (Å²) in [5.74, 6) is 1.19. The quantitative estimate of drug-likeness (QED) is 0.670. The minimum absolute atomic E-state index is 0.170. The predicted molar refractivity (Wildman–Crippen MR) is 109 cm³/mol. The van der Waals surface area contributed by atoms with Crippen LogP contribution in [0.25, 0.3) is 6.08 Å². The first-order valence-corrected chi connectivity index (χ1v) is 9.72. The molecule has 1 N–H and O–H groups in total. The SMILES string of the molecule is COc1ccc(C2(c3ccccc3)C=Cc3c(C(=O)C4CC4)n[nH]c3C2)cc1. The largest absolute Gasteiger partial charge is 0.497 e. The van der Waals surface area contributed by atoms with Crippen molar-refractivity contribution in [3.05, 3.63) is 88.8 Å². The molecule has 3 aromatic rings. The molecule has 4 nitrogen and oxygen atoms in total. The normalized spacial score (nSPS) is 20.6. The van der Waals surface area contributed by atoms with Gasteiger partial charge in [0.25, 0.3) is 0 Å². The number of hydrogen-bond donors (Lipinski definition) is 1. The lowest BCUT2D eigenvalue weighted by Gasteiger charge is -2.34. The molecule has 0 amide bonds. The monoisotopic (exact) mass is 370 g/mol. The van der Waals surface area contributed by atoms with Gasteiger partial charge in [0.2, 0.25) is 0 Å². The predicted octanol–water partition coefficient (Wildman–Crippen LogP) is 4.57. The number of nitrogens with one attached hydrogen (secondary N) is 1. The number of H-pyrrole nitrogens is 1. The van der Waals surface area contributed by atoms with Crippen molar-refractivity contribution >= 4 is 11.9 Å². The smallest absolute Gasteiger partial charge is 0.186 e. The Hall–Kier alpha value is -3.14. The Balaban J connectivity index is 1.61. The standard InChI is InChI=1S/C24H22N2O2/c1-28-19-11-9-18(10-12-19)24(17-5-3-2-4-6-17)14-13-20-21(15-24)25-26-22(20)23(27)16-7-8-16/h2-6,9-14,16H,7-8,15H2,1H3,(H,25,26). The molecule has 1 unspecified atom stereocenters. The van der Waals surface area contributed by atoms with E-state index in [0.29, 0.717) is 5.69 Å². The summed E-state index contributed by atoms with van der Waals surface area (Å²) < 4.78 is 5.34. The van der Waals surface area contributed by atoms with Crippen molar-refractivity contribution in [1.29, 1.82) is 0 Å². The summed E-state index contributed by atoms with van der Waals surface area (Å²) in [4.78, 5) is 12.6. The average molecular weight is 370 g/mol. The molecule has 2 aliphatic carbocycles. The summed E-state index contributed by atoms with van der Waals surface area (Å²) in [6, 6.07) is 18.7. The summed E-state index contributed by atoms with van der Waals surface area (Å²) in [7, 11) is 1.68. The van der Waals surface area contributed by atoms with E-state index in [1.807, 2.05) is 18.2 Å². The van der Waals surface area contributed by atoms with E-state index in [1.54, 1.807) is 7.11 Å². The van der Waals surface area contributed by atoms with Gasteiger partial charge in [-0.15, -0.1) is 0 Å². The molecule has 1 saturated carbocycles. The zero-order valence-corrected chi connectivity index (χ0v) is 15.8. The van der Waals surface area contributed by atoms with Crippen LogP contribution in [-0.4, -0.2) is 23.1 Å². The van der Waals surface area contributed by atoms with Crippen molar-refractivity contribution in [3.63, 3.8) is 0 Å². The van der Waals surface area contributed by atoms with Crippen LogP contribution in [-0.2, 0) is 11.8 Å². The zero-order valence-electron chi connectivity index (χ0n) is 15.8. The van der Waals surface area contributed by atoms with Gasteiger partial charge in [-0.05, 0) is 36.1 Å². The zero-order chi connectivity index (χ0) is 19.1. The number of Topliss-reactive ketones (excluding diaryl/α,β-unsaturated/α-hetero) is 1. The van der Waals surface area contributed by atoms with Gasteiger partial charge in [0.1, 0.15) is 11.4 Å². The summed E-state index contributed by atoms with van der Waals surface area (Å²) in [6.07, 6.45) is 7.02. The first-order valence-electron chi connectivity index (χ1n) is 9.72. The van der Waals surface area contributed by atoms with Gasteiger partial charge in [-0.25, -0.2) is 0 Å². The molecule has 4 heteroatoms. The van der Waals surface area contributed by atoms with Gasteiger partial charge in [-0.3, -0.25) is 9.89 Å². The minimum Gasteiger partial charge on any atom is -0.497 e. The molecule has 28 heavy (non-hydrogen) atoms. The molecule has 2 aliphatic rings. The first kappa shape index (κ1) is 17.0. The lowest BCUT2D eigenvalue weighted by atomic mass is 9.68. The second-order valence-electron chi connectivity index (χ2n) is 7.68. The molecule has 1 aromatic heterocycles. The maximum absolute atomic E-state index is 12.6. The average Bonchev–Trinajstić information content (AvgIpc) is 3.53. The highest BCUT2D eigenvalue weighted by atomic mass is 16.5. The van der Waals surface area contributed by atoms with E-state index >= 15 is 0 Å². The number of ketones is 1. The second kappa shape index (κ2) is 6.48. The highest BCUT2D eigenvalue weighted by Crippen LogP contribution is 2.43. The van der Waals surface area contributed by atoms with Gasteiger partial charge >= 0.3 is 0 Å². The molecule has 1 fully saturated rings. The van der Waals surface area contributed by atoms with Crippen molar-refractivity contribution in [2.75, 3.05) is 7.11 Å². The molecular formula is C24H22N2O2. The summed E-state index contributed by atoms with van der Waals surface area (Å²) >= 11 is 0. The maximum Gasteiger partial charge on any atom is 0.186 e. The Labute approximate surface area is 164 Å². The van der Waals surface area contributed by atoms with E-state index in [0.717, 1.165) is 36.3 Å². The first-order chi connectivity index (χ1) is 13.7. The Morgan fingerprint density at radius 1 is 1.07 bits per heavy atom. The van der Waals surface area contributed by atoms with Gasteiger partial charge in [0.15, 0.2) is 5.78 Å².